The second kappa shape index (κ2) is 9.92. The van der Waals surface area contributed by atoms with Gasteiger partial charge in [0.25, 0.3) is 5.56 Å². The maximum atomic E-state index is 13.1. The van der Waals surface area contributed by atoms with Crippen molar-refractivity contribution in [1.29, 1.82) is 5.26 Å². The summed E-state index contributed by atoms with van der Waals surface area (Å²) in [6.07, 6.45) is 0. The molecule has 0 N–H and O–H groups in total. The summed E-state index contributed by atoms with van der Waals surface area (Å²) in [5.41, 5.74) is 1.14. The van der Waals surface area contributed by atoms with E-state index in [-0.39, 0.29) is 29.7 Å². The van der Waals surface area contributed by atoms with E-state index in [1.165, 1.54) is 16.7 Å². The van der Waals surface area contributed by atoms with Gasteiger partial charge in [0, 0.05) is 16.7 Å². The first-order chi connectivity index (χ1) is 14.4. The number of carbonyl (C=O) groups excluding carboxylic acids is 1. The molecule has 1 aromatic heterocycles. The average molecular weight is 485 g/mol. The summed E-state index contributed by atoms with van der Waals surface area (Å²) in [5.74, 6) is 0.0981. The molecule has 2 aromatic carbocycles. The summed E-state index contributed by atoms with van der Waals surface area (Å²) in [6, 6.07) is 16.5. The first-order valence-corrected chi connectivity index (χ1v) is 11.2. The molecule has 1 amide bonds. The molecule has 0 saturated carbocycles. The average Bonchev–Trinajstić information content (AvgIpc) is 2.73. The first-order valence-electron chi connectivity index (χ1n) is 9.46. The SMILES string of the molecule is CC(C)Cn1c(SCC(=O)N(CC#N)c2ccccc2)nc2ccc(Br)cc2c1=O. The Balaban J connectivity index is 1.92. The fraction of sp³-hybridized carbons (Fsp3) is 0.273. The van der Waals surface area contributed by atoms with Gasteiger partial charge in [0.15, 0.2) is 5.16 Å². The molecular formula is C22H21BrN4O2S. The summed E-state index contributed by atoms with van der Waals surface area (Å²) in [6.45, 7) is 4.52. The Bertz CT molecular complexity index is 1160. The normalized spacial score (nSPS) is 10.9. The number of carbonyl (C=O) groups is 1. The van der Waals surface area contributed by atoms with Crippen LogP contribution in [0.5, 0.6) is 0 Å². The molecule has 3 rings (SSSR count). The van der Waals surface area contributed by atoms with Gasteiger partial charge in [-0.05, 0) is 36.2 Å². The van der Waals surface area contributed by atoms with Gasteiger partial charge in [-0.3, -0.25) is 19.1 Å². The molecule has 1 heterocycles. The highest BCUT2D eigenvalue weighted by atomic mass is 79.9. The largest absolute Gasteiger partial charge is 0.298 e. The number of aromatic nitrogens is 2. The lowest BCUT2D eigenvalue weighted by Gasteiger charge is -2.20. The maximum absolute atomic E-state index is 13.1. The minimum atomic E-state index is -0.214. The fourth-order valence-electron chi connectivity index (χ4n) is 3.02. The minimum Gasteiger partial charge on any atom is -0.298 e. The molecule has 30 heavy (non-hydrogen) atoms. The molecule has 3 aromatic rings. The Hall–Kier alpha value is -2.63. The molecule has 0 unspecified atom stereocenters. The number of hydrogen-bond acceptors (Lipinski definition) is 5. The third-order valence-electron chi connectivity index (χ3n) is 4.35. The number of nitrogens with zero attached hydrogens (tertiary/aromatic N) is 4. The summed E-state index contributed by atoms with van der Waals surface area (Å²) in [7, 11) is 0. The number of halogens is 1. The number of para-hydroxylation sites is 1. The zero-order valence-corrected chi connectivity index (χ0v) is 19.1. The monoisotopic (exact) mass is 484 g/mol. The van der Waals surface area contributed by atoms with E-state index in [1.807, 2.05) is 44.2 Å². The van der Waals surface area contributed by atoms with Crippen molar-refractivity contribution in [3.8, 4) is 6.07 Å². The highest BCUT2D eigenvalue weighted by Gasteiger charge is 2.19. The molecule has 0 bridgehead atoms. The van der Waals surface area contributed by atoms with Gasteiger partial charge < -0.3 is 0 Å². The van der Waals surface area contributed by atoms with Crippen molar-refractivity contribution in [1.82, 2.24) is 9.55 Å². The van der Waals surface area contributed by atoms with Gasteiger partial charge in [-0.1, -0.05) is 59.7 Å². The Labute approximate surface area is 187 Å². The van der Waals surface area contributed by atoms with Crippen LogP contribution in [0.1, 0.15) is 13.8 Å². The number of benzene rings is 2. The van der Waals surface area contributed by atoms with Crippen LogP contribution in [-0.4, -0.2) is 27.8 Å². The van der Waals surface area contributed by atoms with E-state index in [4.69, 9.17) is 5.26 Å². The van der Waals surface area contributed by atoms with Gasteiger partial charge in [-0.15, -0.1) is 0 Å². The smallest absolute Gasteiger partial charge is 0.262 e. The predicted molar refractivity (Wildman–Crippen MR) is 124 cm³/mol. The van der Waals surface area contributed by atoms with Crippen LogP contribution in [-0.2, 0) is 11.3 Å². The standard InChI is InChI=1S/C22H21BrN4O2S/c1-15(2)13-27-21(29)18-12-16(23)8-9-19(18)25-22(27)30-14-20(28)26(11-10-24)17-6-4-3-5-7-17/h3-9,12,15H,11,13-14H2,1-2H3. The quantitative estimate of drug-likeness (QED) is 0.281. The molecule has 0 radical (unpaired) electrons. The van der Waals surface area contributed by atoms with Gasteiger partial charge >= 0.3 is 0 Å². The first kappa shape index (κ1) is 22.1. The van der Waals surface area contributed by atoms with E-state index in [0.717, 1.165) is 4.47 Å². The van der Waals surface area contributed by atoms with Crippen LogP contribution in [0.25, 0.3) is 10.9 Å². The lowest BCUT2D eigenvalue weighted by atomic mass is 10.2. The van der Waals surface area contributed by atoms with Crippen LogP contribution in [0.3, 0.4) is 0 Å². The van der Waals surface area contributed by atoms with Gasteiger partial charge in [0.1, 0.15) is 6.54 Å². The topological polar surface area (TPSA) is 79.0 Å². The maximum Gasteiger partial charge on any atom is 0.262 e. The fourth-order valence-corrected chi connectivity index (χ4v) is 4.26. The third kappa shape index (κ3) is 5.10. The highest BCUT2D eigenvalue weighted by Crippen LogP contribution is 2.23. The van der Waals surface area contributed by atoms with Crippen LogP contribution < -0.4 is 10.5 Å². The molecule has 0 aliphatic heterocycles. The summed E-state index contributed by atoms with van der Waals surface area (Å²) in [5, 5.41) is 10.2. The summed E-state index contributed by atoms with van der Waals surface area (Å²) >= 11 is 4.62. The molecular weight excluding hydrogens is 464 g/mol. The second-order valence-corrected chi connectivity index (χ2v) is 8.99. The molecule has 0 atom stereocenters. The van der Waals surface area contributed by atoms with Crippen molar-refractivity contribution in [2.24, 2.45) is 5.92 Å². The molecule has 0 spiro atoms. The number of fused-ring (bicyclic) bond motifs is 1. The Morgan fingerprint density at radius 3 is 2.67 bits per heavy atom. The highest BCUT2D eigenvalue weighted by molar-refractivity contribution is 9.10. The van der Waals surface area contributed by atoms with Crippen molar-refractivity contribution in [3.05, 3.63) is 63.4 Å². The van der Waals surface area contributed by atoms with Gasteiger partial charge in [-0.2, -0.15) is 5.26 Å². The van der Waals surface area contributed by atoms with Crippen molar-refractivity contribution < 1.29 is 4.79 Å². The zero-order chi connectivity index (χ0) is 21.7. The number of hydrogen-bond donors (Lipinski definition) is 0. The minimum absolute atomic E-state index is 0.0403. The molecule has 8 heteroatoms. The van der Waals surface area contributed by atoms with Crippen molar-refractivity contribution in [2.45, 2.75) is 25.5 Å². The van der Waals surface area contributed by atoms with Crippen LogP contribution in [0, 0.1) is 17.2 Å². The molecule has 0 aliphatic carbocycles. The van der Waals surface area contributed by atoms with Gasteiger partial charge in [0.05, 0.1) is 22.7 Å². The summed E-state index contributed by atoms with van der Waals surface area (Å²) < 4.78 is 2.45. The number of rotatable bonds is 7. The lowest BCUT2D eigenvalue weighted by Crippen LogP contribution is -2.33. The van der Waals surface area contributed by atoms with Crippen LogP contribution in [0.4, 0.5) is 5.69 Å². The molecule has 0 aliphatic rings. The van der Waals surface area contributed by atoms with Gasteiger partial charge in [0.2, 0.25) is 5.91 Å². The van der Waals surface area contributed by atoms with E-state index in [0.29, 0.717) is 28.3 Å². The number of nitriles is 1. The molecule has 154 valence electrons. The Kier molecular flexibility index (Phi) is 7.29. The van der Waals surface area contributed by atoms with Crippen molar-refractivity contribution in [2.75, 3.05) is 17.2 Å². The van der Waals surface area contributed by atoms with Crippen LogP contribution >= 0.6 is 27.7 Å². The van der Waals surface area contributed by atoms with Crippen molar-refractivity contribution in [3.63, 3.8) is 0 Å². The number of amides is 1. The predicted octanol–water partition coefficient (Wildman–Crippen LogP) is 4.46. The van der Waals surface area contributed by atoms with Gasteiger partial charge in [-0.25, -0.2) is 4.98 Å². The Morgan fingerprint density at radius 1 is 1.27 bits per heavy atom. The molecule has 0 fully saturated rings. The van der Waals surface area contributed by atoms with E-state index >= 15 is 0 Å². The van der Waals surface area contributed by atoms with E-state index in [1.54, 1.807) is 28.8 Å². The molecule has 0 saturated heterocycles. The van der Waals surface area contributed by atoms with Crippen LogP contribution in [0.2, 0.25) is 0 Å². The van der Waals surface area contributed by atoms with E-state index < -0.39 is 0 Å². The number of thioether (sulfide) groups is 1. The Morgan fingerprint density at radius 2 is 2.00 bits per heavy atom. The van der Waals surface area contributed by atoms with Crippen LogP contribution in [0.15, 0.2) is 63.0 Å². The third-order valence-corrected chi connectivity index (χ3v) is 5.81. The zero-order valence-electron chi connectivity index (χ0n) is 16.7. The van der Waals surface area contributed by atoms with E-state index in [9.17, 15) is 9.59 Å². The summed E-state index contributed by atoms with van der Waals surface area (Å²) in [4.78, 5) is 32.0. The van der Waals surface area contributed by atoms with Crippen molar-refractivity contribution >= 4 is 50.2 Å². The second-order valence-electron chi connectivity index (χ2n) is 7.13. The van der Waals surface area contributed by atoms with E-state index in [2.05, 4.69) is 20.9 Å². The molecule has 6 nitrogen and oxygen atoms in total. The number of anilines is 1. The lowest BCUT2D eigenvalue weighted by molar-refractivity contribution is -0.116.